The second-order valence-electron chi connectivity index (χ2n) is 4.86. The van der Waals surface area contributed by atoms with Crippen LogP contribution in [0.4, 0.5) is 5.69 Å². The molecule has 23 heavy (non-hydrogen) atoms. The Morgan fingerprint density at radius 3 is 2.65 bits per heavy atom. The second-order valence-corrected chi connectivity index (χ2v) is 4.86. The Morgan fingerprint density at radius 1 is 1.22 bits per heavy atom. The number of ether oxygens (including phenoxy) is 2. The summed E-state index contributed by atoms with van der Waals surface area (Å²) in [5.41, 5.74) is 6.68. The number of halogens is 1. The number of carbonyl (C=O) groups is 1. The molecule has 0 fully saturated rings. The van der Waals surface area contributed by atoms with E-state index >= 15 is 0 Å². The maximum absolute atomic E-state index is 10.9. The molecule has 0 spiro atoms. The number of hydrogen-bond donors (Lipinski definition) is 2. The van der Waals surface area contributed by atoms with E-state index in [0.29, 0.717) is 18.9 Å². The van der Waals surface area contributed by atoms with Crippen LogP contribution in [0, 0.1) is 0 Å². The standard InChI is InChI=1S/C16H25N3O3.HI/c1-21-14-9-7-8-13(12-14)19-16(17)18-11-6-4-3-5-10-15(20)22-2;/h7-9,12H,3-6,10-11H2,1-2H3,(H3,17,18,19);1H. The number of methoxy groups -OCH3 is 2. The number of nitrogens with one attached hydrogen (secondary N) is 1. The van der Waals surface area contributed by atoms with Gasteiger partial charge in [-0.25, -0.2) is 0 Å². The molecule has 0 amide bonds. The Bertz CT molecular complexity index is 495. The van der Waals surface area contributed by atoms with Crippen LogP contribution in [-0.2, 0) is 9.53 Å². The van der Waals surface area contributed by atoms with E-state index in [4.69, 9.17) is 10.5 Å². The largest absolute Gasteiger partial charge is 0.497 e. The Hall–Kier alpha value is -1.51. The Kier molecular flexibility index (Phi) is 12.1. The summed E-state index contributed by atoms with van der Waals surface area (Å²) in [4.78, 5) is 15.2. The van der Waals surface area contributed by atoms with Gasteiger partial charge in [0.25, 0.3) is 0 Å². The van der Waals surface area contributed by atoms with Crippen molar-refractivity contribution in [1.29, 1.82) is 0 Å². The highest BCUT2D eigenvalue weighted by atomic mass is 127. The summed E-state index contributed by atoms with van der Waals surface area (Å²) in [7, 11) is 3.03. The van der Waals surface area contributed by atoms with Gasteiger partial charge in [0, 0.05) is 24.7 Å². The SMILES string of the molecule is COC(=O)CCCCCCN=C(N)Nc1cccc(OC)c1.I. The van der Waals surface area contributed by atoms with E-state index in [9.17, 15) is 4.79 Å². The zero-order valence-corrected chi connectivity index (χ0v) is 16.0. The number of nitrogens with two attached hydrogens (primary N) is 1. The van der Waals surface area contributed by atoms with Gasteiger partial charge in [-0.1, -0.05) is 18.9 Å². The molecule has 0 aliphatic rings. The molecule has 0 heterocycles. The van der Waals surface area contributed by atoms with Gasteiger partial charge in [0.15, 0.2) is 5.96 Å². The van der Waals surface area contributed by atoms with E-state index in [-0.39, 0.29) is 29.9 Å². The number of unbranched alkanes of at least 4 members (excludes halogenated alkanes) is 3. The van der Waals surface area contributed by atoms with Crippen LogP contribution in [0.15, 0.2) is 29.3 Å². The van der Waals surface area contributed by atoms with Crippen LogP contribution in [0.3, 0.4) is 0 Å². The van der Waals surface area contributed by atoms with Gasteiger partial charge in [-0.05, 0) is 25.0 Å². The minimum atomic E-state index is -0.148. The Morgan fingerprint density at radius 2 is 1.96 bits per heavy atom. The van der Waals surface area contributed by atoms with E-state index in [1.54, 1.807) is 7.11 Å². The Balaban J connectivity index is 0.00000484. The highest BCUT2D eigenvalue weighted by molar-refractivity contribution is 14.0. The van der Waals surface area contributed by atoms with Crippen molar-refractivity contribution in [3.63, 3.8) is 0 Å². The first-order chi connectivity index (χ1) is 10.7. The average Bonchev–Trinajstić information content (AvgIpc) is 2.53. The van der Waals surface area contributed by atoms with Crippen molar-refractivity contribution in [2.45, 2.75) is 32.1 Å². The smallest absolute Gasteiger partial charge is 0.305 e. The van der Waals surface area contributed by atoms with Gasteiger partial charge in [0.2, 0.25) is 0 Å². The number of aliphatic imine (C=N–C) groups is 1. The molecule has 7 heteroatoms. The number of guanidine groups is 1. The van der Waals surface area contributed by atoms with E-state index in [1.807, 2.05) is 24.3 Å². The minimum absolute atomic E-state index is 0. The molecule has 0 radical (unpaired) electrons. The van der Waals surface area contributed by atoms with E-state index < -0.39 is 0 Å². The molecular formula is C16H26IN3O3. The monoisotopic (exact) mass is 435 g/mol. The van der Waals surface area contributed by atoms with Crippen molar-refractivity contribution in [2.75, 3.05) is 26.1 Å². The molecule has 0 aliphatic carbocycles. The number of nitrogens with zero attached hydrogens (tertiary/aromatic N) is 1. The number of carbonyl (C=O) groups excluding carboxylic acids is 1. The molecule has 0 aromatic heterocycles. The summed E-state index contributed by atoms with van der Waals surface area (Å²) < 4.78 is 9.73. The summed E-state index contributed by atoms with van der Waals surface area (Å²) in [6.45, 7) is 0.668. The fourth-order valence-corrected chi connectivity index (χ4v) is 1.92. The lowest BCUT2D eigenvalue weighted by molar-refractivity contribution is -0.140. The van der Waals surface area contributed by atoms with E-state index in [2.05, 4.69) is 15.0 Å². The second kappa shape index (κ2) is 13.0. The van der Waals surface area contributed by atoms with Crippen LogP contribution in [0.2, 0.25) is 0 Å². The molecule has 0 aliphatic heterocycles. The number of hydrogen-bond acceptors (Lipinski definition) is 4. The van der Waals surface area contributed by atoms with Crippen LogP contribution in [0.1, 0.15) is 32.1 Å². The quantitative estimate of drug-likeness (QED) is 0.205. The van der Waals surface area contributed by atoms with Gasteiger partial charge in [-0.3, -0.25) is 9.79 Å². The summed E-state index contributed by atoms with van der Waals surface area (Å²) >= 11 is 0. The summed E-state index contributed by atoms with van der Waals surface area (Å²) in [5, 5.41) is 3.03. The minimum Gasteiger partial charge on any atom is -0.497 e. The van der Waals surface area contributed by atoms with E-state index in [1.165, 1.54) is 7.11 Å². The zero-order valence-electron chi connectivity index (χ0n) is 13.7. The van der Waals surface area contributed by atoms with Gasteiger partial charge in [-0.2, -0.15) is 0 Å². The van der Waals surface area contributed by atoms with Crippen LogP contribution >= 0.6 is 24.0 Å². The van der Waals surface area contributed by atoms with Crippen LogP contribution in [0.5, 0.6) is 5.75 Å². The lowest BCUT2D eigenvalue weighted by Gasteiger charge is -2.07. The molecule has 6 nitrogen and oxygen atoms in total. The van der Waals surface area contributed by atoms with Crippen LogP contribution in [-0.4, -0.2) is 32.7 Å². The van der Waals surface area contributed by atoms with Crippen LogP contribution in [0.25, 0.3) is 0 Å². The molecule has 3 N–H and O–H groups in total. The molecule has 0 atom stereocenters. The van der Waals surface area contributed by atoms with Crippen molar-refractivity contribution in [3.05, 3.63) is 24.3 Å². The highest BCUT2D eigenvalue weighted by Gasteiger charge is 1.99. The van der Waals surface area contributed by atoms with Gasteiger partial charge in [0.05, 0.1) is 14.2 Å². The first kappa shape index (κ1) is 21.5. The van der Waals surface area contributed by atoms with Crippen molar-refractivity contribution in [2.24, 2.45) is 10.7 Å². The topological polar surface area (TPSA) is 85.9 Å². The van der Waals surface area contributed by atoms with Crippen molar-refractivity contribution >= 4 is 41.6 Å². The molecule has 0 unspecified atom stereocenters. The van der Waals surface area contributed by atoms with Crippen molar-refractivity contribution in [3.8, 4) is 5.75 Å². The highest BCUT2D eigenvalue weighted by Crippen LogP contribution is 2.16. The average molecular weight is 435 g/mol. The summed E-state index contributed by atoms with van der Waals surface area (Å²) in [5.74, 6) is 1.01. The zero-order chi connectivity index (χ0) is 16.2. The normalized spacial score (nSPS) is 10.6. The number of benzene rings is 1. The molecule has 0 bridgehead atoms. The molecule has 1 aromatic rings. The molecule has 1 aromatic carbocycles. The first-order valence-electron chi connectivity index (χ1n) is 7.43. The third kappa shape index (κ3) is 9.98. The lowest BCUT2D eigenvalue weighted by Crippen LogP contribution is -2.22. The molecule has 0 saturated carbocycles. The number of rotatable bonds is 9. The molecular weight excluding hydrogens is 409 g/mol. The maximum Gasteiger partial charge on any atom is 0.305 e. The van der Waals surface area contributed by atoms with Gasteiger partial charge < -0.3 is 20.5 Å². The third-order valence-corrected chi connectivity index (χ3v) is 3.14. The number of esters is 1. The van der Waals surface area contributed by atoms with Crippen molar-refractivity contribution < 1.29 is 14.3 Å². The predicted octanol–water partition coefficient (Wildman–Crippen LogP) is 3.16. The van der Waals surface area contributed by atoms with Gasteiger partial charge in [0.1, 0.15) is 5.75 Å². The third-order valence-electron chi connectivity index (χ3n) is 3.14. The van der Waals surface area contributed by atoms with Gasteiger partial charge >= 0.3 is 5.97 Å². The van der Waals surface area contributed by atoms with E-state index in [0.717, 1.165) is 37.1 Å². The summed E-state index contributed by atoms with van der Waals surface area (Å²) in [6.07, 6.45) is 4.30. The molecule has 1 rings (SSSR count). The van der Waals surface area contributed by atoms with Crippen LogP contribution < -0.4 is 15.8 Å². The molecule has 0 saturated heterocycles. The summed E-state index contributed by atoms with van der Waals surface area (Å²) in [6, 6.07) is 7.51. The van der Waals surface area contributed by atoms with Crippen molar-refractivity contribution in [1.82, 2.24) is 0 Å². The first-order valence-corrected chi connectivity index (χ1v) is 7.43. The maximum atomic E-state index is 10.9. The van der Waals surface area contributed by atoms with Gasteiger partial charge in [-0.15, -0.1) is 24.0 Å². The fourth-order valence-electron chi connectivity index (χ4n) is 1.92. The number of anilines is 1. The lowest BCUT2D eigenvalue weighted by atomic mass is 10.1. The Labute approximate surface area is 154 Å². The predicted molar refractivity (Wildman–Crippen MR) is 104 cm³/mol. The fraction of sp³-hybridized carbons (Fsp3) is 0.500. The molecule has 130 valence electrons.